The minimum absolute atomic E-state index is 0.205. The van der Waals surface area contributed by atoms with Crippen LogP contribution < -0.4 is 15.5 Å². The number of hydrogen-bond donors (Lipinski definition) is 2. The number of rotatable bonds is 4. The molecule has 2 N–H and O–H groups in total. The number of anilines is 4. The predicted octanol–water partition coefficient (Wildman–Crippen LogP) is 5.24. The fourth-order valence-corrected chi connectivity index (χ4v) is 3.81. The average molecular weight is 420 g/mol. The lowest BCUT2D eigenvalue weighted by molar-refractivity contribution is 0.101. The van der Waals surface area contributed by atoms with Crippen molar-refractivity contribution >= 4 is 34.6 Å². The lowest BCUT2D eigenvalue weighted by Gasteiger charge is -2.26. The number of carbonyl (C=O) groups excluding carboxylic acids is 2. The molecule has 4 aromatic rings. The Hall–Kier alpha value is -4.45. The Morgan fingerprint density at radius 1 is 0.875 bits per heavy atom. The van der Waals surface area contributed by atoms with Crippen molar-refractivity contribution in [2.75, 3.05) is 15.5 Å². The van der Waals surface area contributed by atoms with Crippen LogP contribution in [0.2, 0.25) is 0 Å². The molecule has 2 heterocycles. The number of hydrogen-bond acceptors (Lipinski definition) is 4. The Morgan fingerprint density at radius 2 is 1.62 bits per heavy atom. The van der Waals surface area contributed by atoms with Gasteiger partial charge < -0.3 is 15.5 Å². The van der Waals surface area contributed by atoms with Gasteiger partial charge in [0.2, 0.25) is 0 Å². The largest absolute Gasteiger partial charge is 0.335 e. The molecule has 1 aliphatic rings. The maximum absolute atomic E-state index is 13.0. The summed E-state index contributed by atoms with van der Waals surface area (Å²) in [4.78, 5) is 31.9. The van der Waals surface area contributed by atoms with Crippen molar-refractivity contribution in [1.29, 1.82) is 0 Å². The molecule has 0 unspecified atom stereocenters. The number of para-hydroxylation sites is 1. The van der Waals surface area contributed by atoms with Crippen molar-refractivity contribution in [3.8, 4) is 0 Å². The van der Waals surface area contributed by atoms with Crippen LogP contribution in [-0.2, 0) is 6.54 Å². The Morgan fingerprint density at radius 3 is 2.44 bits per heavy atom. The minimum Gasteiger partial charge on any atom is -0.335 e. The maximum atomic E-state index is 13.0. The molecule has 5 rings (SSSR count). The van der Waals surface area contributed by atoms with Crippen LogP contribution in [-0.4, -0.2) is 16.8 Å². The quantitative estimate of drug-likeness (QED) is 0.474. The monoisotopic (exact) mass is 420 g/mol. The van der Waals surface area contributed by atoms with E-state index in [0.29, 0.717) is 29.0 Å². The Balaban J connectivity index is 1.55. The van der Waals surface area contributed by atoms with E-state index in [2.05, 4.69) is 32.7 Å². The molecular formula is C26H20N4O2. The summed E-state index contributed by atoms with van der Waals surface area (Å²) < 4.78 is 0. The van der Waals surface area contributed by atoms with Crippen molar-refractivity contribution in [3.05, 3.63) is 114 Å². The standard InChI is InChI=1S/C26H20N4O2/c31-25(28-20-12-14-27-15-13-20)19-10-11-24-22(16-19)29-26(32)21-8-4-5-9-23(21)30(24)17-18-6-2-1-3-7-18/h1-16H,17H2,(H,29,32)(H,27,28,31). The van der Waals surface area contributed by atoms with E-state index in [1.807, 2.05) is 48.5 Å². The van der Waals surface area contributed by atoms with Crippen LogP contribution in [0.5, 0.6) is 0 Å². The Kier molecular flexibility index (Phi) is 5.09. The molecule has 0 saturated heterocycles. The summed E-state index contributed by atoms with van der Waals surface area (Å²) in [6, 6.07) is 26.4. The highest BCUT2D eigenvalue weighted by atomic mass is 16.2. The summed E-state index contributed by atoms with van der Waals surface area (Å²) in [7, 11) is 0. The van der Waals surface area contributed by atoms with Gasteiger partial charge in [-0.05, 0) is 48.0 Å². The molecule has 3 aromatic carbocycles. The van der Waals surface area contributed by atoms with Gasteiger partial charge in [0.15, 0.2) is 0 Å². The topological polar surface area (TPSA) is 74.3 Å². The van der Waals surface area contributed by atoms with Crippen molar-refractivity contribution in [1.82, 2.24) is 4.98 Å². The number of amides is 2. The molecule has 0 fully saturated rings. The Bertz CT molecular complexity index is 1290. The van der Waals surface area contributed by atoms with E-state index < -0.39 is 0 Å². The zero-order chi connectivity index (χ0) is 21.9. The van der Waals surface area contributed by atoms with E-state index in [9.17, 15) is 9.59 Å². The second-order valence-electron chi connectivity index (χ2n) is 7.46. The molecule has 0 bridgehead atoms. The highest BCUT2D eigenvalue weighted by Crippen LogP contribution is 2.39. The summed E-state index contributed by atoms with van der Waals surface area (Å²) in [5, 5.41) is 5.84. The SMILES string of the molecule is O=C(Nc1ccncc1)c1ccc2c(c1)NC(=O)c1ccccc1N2Cc1ccccc1. The van der Waals surface area contributed by atoms with E-state index >= 15 is 0 Å². The first-order valence-electron chi connectivity index (χ1n) is 10.3. The van der Waals surface area contributed by atoms with Gasteiger partial charge in [0.25, 0.3) is 11.8 Å². The first kappa shape index (κ1) is 19.5. The molecule has 32 heavy (non-hydrogen) atoms. The van der Waals surface area contributed by atoms with Gasteiger partial charge in [-0.1, -0.05) is 42.5 Å². The summed E-state index contributed by atoms with van der Waals surface area (Å²) in [6.07, 6.45) is 3.23. The summed E-state index contributed by atoms with van der Waals surface area (Å²) in [5.41, 5.74) is 5.04. The van der Waals surface area contributed by atoms with E-state index in [1.165, 1.54) is 0 Å². The van der Waals surface area contributed by atoms with Gasteiger partial charge in [-0.25, -0.2) is 0 Å². The summed E-state index contributed by atoms with van der Waals surface area (Å²) >= 11 is 0. The molecule has 0 saturated carbocycles. The predicted molar refractivity (Wildman–Crippen MR) is 125 cm³/mol. The zero-order valence-electron chi connectivity index (χ0n) is 17.2. The summed E-state index contributed by atoms with van der Waals surface area (Å²) in [6.45, 7) is 0.586. The number of fused-ring (bicyclic) bond motifs is 2. The van der Waals surface area contributed by atoms with E-state index in [1.54, 1.807) is 36.7 Å². The van der Waals surface area contributed by atoms with Gasteiger partial charge in [-0.3, -0.25) is 14.6 Å². The van der Waals surface area contributed by atoms with Crippen LogP contribution in [0.4, 0.5) is 22.7 Å². The molecule has 0 atom stereocenters. The lowest BCUT2D eigenvalue weighted by atomic mass is 10.1. The van der Waals surface area contributed by atoms with Gasteiger partial charge in [0.1, 0.15) is 0 Å². The number of nitrogens with one attached hydrogen (secondary N) is 2. The van der Waals surface area contributed by atoms with E-state index in [-0.39, 0.29) is 11.8 Å². The first-order valence-corrected chi connectivity index (χ1v) is 10.3. The van der Waals surface area contributed by atoms with Gasteiger partial charge in [0, 0.05) is 30.2 Å². The summed E-state index contributed by atoms with van der Waals surface area (Å²) in [5.74, 6) is -0.464. The van der Waals surface area contributed by atoms with E-state index in [4.69, 9.17) is 0 Å². The molecule has 1 aliphatic heterocycles. The number of aromatic nitrogens is 1. The molecule has 6 heteroatoms. The number of pyridine rings is 1. The third-order valence-electron chi connectivity index (χ3n) is 5.36. The maximum Gasteiger partial charge on any atom is 0.257 e. The molecule has 1 aromatic heterocycles. The fraction of sp³-hybridized carbons (Fsp3) is 0.0385. The van der Waals surface area contributed by atoms with E-state index in [0.717, 1.165) is 16.9 Å². The Labute approximate surface area is 185 Å². The van der Waals surface area contributed by atoms with Gasteiger partial charge in [-0.15, -0.1) is 0 Å². The van der Waals surface area contributed by atoms with Crippen LogP contribution in [0, 0.1) is 0 Å². The number of nitrogens with zero attached hydrogens (tertiary/aromatic N) is 2. The highest BCUT2D eigenvalue weighted by molar-refractivity contribution is 6.13. The number of carbonyl (C=O) groups is 2. The van der Waals surface area contributed by atoms with Crippen LogP contribution in [0.25, 0.3) is 0 Å². The average Bonchev–Trinajstić information content (AvgIpc) is 2.95. The van der Waals surface area contributed by atoms with Crippen LogP contribution in [0.3, 0.4) is 0 Å². The highest BCUT2D eigenvalue weighted by Gasteiger charge is 2.26. The van der Waals surface area contributed by atoms with Gasteiger partial charge in [-0.2, -0.15) is 0 Å². The smallest absolute Gasteiger partial charge is 0.257 e. The normalized spacial score (nSPS) is 12.2. The van der Waals surface area contributed by atoms with Crippen LogP contribution in [0.15, 0.2) is 97.3 Å². The van der Waals surface area contributed by atoms with Gasteiger partial charge in [0.05, 0.1) is 22.6 Å². The zero-order valence-corrected chi connectivity index (χ0v) is 17.2. The molecular weight excluding hydrogens is 400 g/mol. The fourth-order valence-electron chi connectivity index (χ4n) is 3.81. The van der Waals surface area contributed by atoms with Crippen molar-refractivity contribution in [2.24, 2.45) is 0 Å². The third-order valence-corrected chi connectivity index (χ3v) is 5.36. The van der Waals surface area contributed by atoms with Crippen LogP contribution >= 0.6 is 0 Å². The molecule has 6 nitrogen and oxygen atoms in total. The molecule has 0 aliphatic carbocycles. The molecule has 0 spiro atoms. The molecule has 156 valence electrons. The second kappa shape index (κ2) is 8.35. The van der Waals surface area contributed by atoms with Crippen molar-refractivity contribution < 1.29 is 9.59 Å². The lowest BCUT2D eigenvalue weighted by Crippen LogP contribution is -2.18. The third kappa shape index (κ3) is 3.81. The molecule has 2 amide bonds. The van der Waals surface area contributed by atoms with Crippen molar-refractivity contribution in [3.63, 3.8) is 0 Å². The van der Waals surface area contributed by atoms with Crippen LogP contribution in [0.1, 0.15) is 26.3 Å². The first-order chi connectivity index (χ1) is 15.7. The minimum atomic E-state index is -0.260. The van der Waals surface area contributed by atoms with Crippen molar-refractivity contribution in [2.45, 2.75) is 6.54 Å². The molecule has 0 radical (unpaired) electrons. The second-order valence-corrected chi connectivity index (χ2v) is 7.46. The number of benzene rings is 3. The van der Waals surface area contributed by atoms with Gasteiger partial charge >= 0.3 is 0 Å².